The maximum absolute atomic E-state index is 12.8. The predicted octanol–water partition coefficient (Wildman–Crippen LogP) is 1.53. The monoisotopic (exact) mass is 333 g/mol. The first-order valence-corrected chi connectivity index (χ1v) is 7.76. The van der Waals surface area contributed by atoms with Gasteiger partial charge < -0.3 is 18.9 Å². The number of hydrogen-bond donors (Lipinski definition) is 0. The van der Waals surface area contributed by atoms with Crippen molar-refractivity contribution < 1.29 is 19.1 Å². The van der Waals surface area contributed by atoms with Gasteiger partial charge in [-0.05, 0) is 25.1 Å². The zero-order chi connectivity index (χ0) is 17.7. The minimum Gasteiger partial charge on any atom is -0.469 e. The van der Waals surface area contributed by atoms with Gasteiger partial charge in [-0.3, -0.25) is 9.59 Å². The van der Waals surface area contributed by atoms with Crippen LogP contribution >= 0.6 is 0 Å². The summed E-state index contributed by atoms with van der Waals surface area (Å²) < 4.78 is 11.7. The number of hydrogen-bond acceptors (Lipinski definition) is 5. The van der Waals surface area contributed by atoms with Crippen LogP contribution < -0.4 is 0 Å². The third-order valence-corrected chi connectivity index (χ3v) is 4.02. The number of ether oxygens (including phenoxy) is 2. The Morgan fingerprint density at radius 1 is 1.25 bits per heavy atom. The summed E-state index contributed by atoms with van der Waals surface area (Å²) in [4.78, 5) is 30.2. The van der Waals surface area contributed by atoms with Gasteiger partial charge in [-0.1, -0.05) is 0 Å². The molecule has 0 bridgehead atoms. The van der Waals surface area contributed by atoms with Crippen LogP contribution in [0.5, 0.6) is 0 Å². The summed E-state index contributed by atoms with van der Waals surface area (Å²) in [5, 5.41) is 0. The predicted molar refractivity (Wildman–Crippen MR) is 89.9 cm³/mol. The highest BCUT2D eigenvalue weighted by atomic mass is 16.5. The van der Waals surface area contributed by atoms with Crippen molar-refractivity contribution in [2.45, 2.75) is 13.3 Å². The van der Waals surface area contributed by atoms with Gasteiger partial charge in [-0.2, -0.15) is 0 Å². The molecule has 1 amide bonds. The lowest BCUT2D eigenvalue weighted by Gasteiger charge is -2.22. The first-order chi connectivity index (χ1) is 11.5. The highest BCUT2D eigenvalue weighted by Crippen LogP contribution is 2.17. The van der Waals surface area contributed by atoms with Crippen LogP contribution in [0, 0.1) is 6.92 Å². The van der Waals surface area contributed by atoms with Crippen molar-refractivity contribution >= 4 is 22.9 Å². The van der Waals surface area contributed by atoms with Crippen molar-refractivity contribution in [3.05, 3.63) is 29.6 Å². The molecule has 0 unspecified atom stereocenters. The van der Waals surface area contributed by atoms with E-state index >= 15 is 0 Å². The molecule has 0 aliphatic heterocycles. The van der Waals surface area contributed by atoms with Crippen LogP contribution in [0.1, 0.15) is 22.6 Å². The van der Waals surface area contributed by atoms with Gasteiger partial charge in [0.2, 0.25) is 0 Å². The average molecular weight is 333 g/mol. The molecule has 0 N–H and O–H groups in total. The molecule has 0 fully saturated rings. The van der Waals surface area contributed by atoms with E-state index in [9.17, 15) is 9.59 Å². The van der Waals surface area contributed by atoms with Gasteiger partial charge in [0.05, 0.1) is 31.2 Å². The van der Waals surface area contributed by atoms with Crippen molar-refractivity contribution in [3.8, 4) is 0 Å². The van der Waals surface area contributed by atoms with E-state index in [2.05, 4.69) is 9.72 Å². The highest BCUT2D eigenvalue weighted by molar-refractivity contribution is 5.97. The van der Waals surface area contributed by atoms with Crippen LogP contribution in [0.15, 0.2) is 18.2 Å². The minimum atomic E-state index is -0.346. The summed E-state index contributed by atoms with van der Waals surface area (Å²) >= 11 is 0. The largest absolute Gasteiger partial charge is 0.469 e. The third-order valence-electron chi connectivity index (χ3n) is 4.02. The van der Waals surface area contributed by atoms with Crippen molar-refractivity contribution in [1.29, 1.82) is 0 Å². The number of methoxy groups -OCH3 is 2. The molecule has 0 atom stereocenters. The second-order valence-electron chi connectivity index (χ2n) is 5.53. The lowest BCUT2D eigenvalue weighted by Crippen LogP contribution is -2.35. The number of aromatic nitrogens is 2. The molecule has 2 rings (SSSR count). The average Bonchev–Trinajstić information content (AvgIpc) is 2.87. The van der Waals surface area contributed by atoms with Gasteiger partial charge in [0.25, 0.3) is 5.91 Å². The van der Waals surface area contributed by atoms with Gasteiger partial charge in [0.15, 0.2) is 0 Å². The number of nitrogens with zero attached hydrogens (tertiary/aromatic N) is 3. The van der Waals surface area contributed by atoms with Gasteiger partial charge in [-0.25, -0.2) is 4.98 Å². The zero-order valence-electron chi connectivity index (χ0n) is 14.5. The fraction of sp³-hybridized carbons (Fsp3) is 0.471. The molecule has 1 aromatic heterocycles. The quantitative estimate of drug-likeness (QED) is 0.719. The van der Waals surface area contributed by atoms with E-state index in [-0.39, 0.29) is 24.8 Å². The maximum Gasteiger partial charge on any atom is 0.307 e. The number of benzene rings is 1. The normalized spacial score (nSPS) is 10.8. The molecule has 0 saturated carbocycles. The van der Waals surface area contributed by atoms with E-state index in [0.717, 1.165) is 16.9 Å². The molecule has 0 radical (unpaired) electrons. The lowest BCUT2D eigenvalue weighted by atomic mass is 10.1. The number of aryl methyl sites for hydroxylation is 2. The molecule has 0 aliphatic rings. The van der Waals surface area contributed by atoms with E-state index in [1.54, 1.807) is 24.1 Å². The molecule has 130 valence electrons. The Morgan fingerprint density at radius 3 is 2.67 bits per heavy atom. The summed E-state index contributed by atoms with van der Waals surface area (Å²) in [6, 6.07) is 5.45. The maximum atomic E-state index is 12.8. The van der Waals surface area contributed by atoms with Gasteiger partial charge in [0.1, 0.15) is 5.82 Å². The Kier molecular flexibility index (Phi) is 5.92. The number of fused-ring (bicyclic) bond motifs is 1. The van der Waals surface area contributed by atoms with E-state index in [0.29, 0.717) is 18.7 Å². The summed E-state index contributed by atoms with van der Waals surface area (Å²) in [5.74, 6) is 0.388. The van der Waals surface area contributed by atoms with E-state index in [1.165, 1.54) is 7.11 Å². The zero-order valence-corrected chi connectivity index (χ0v) is 14.5. The number of carbonyl (C=O) groups is 2. The molecular weight excluding hydrogens is 310 g/mol. The fourth-order valence-corrected chi connectivity index (χ4v) is 2.48. The molecule has 1 aromatic carbocycles. The highest BCUT2D eigenvalue weighted by Gasteiger charge is 2.18. The molecule has 0 saturated heterocycles. The Balaban J connectivity index is 2.22. The second-order valence-corrected chi connectivity index (χ2v) is 5.53. The van der Waals surface area contributed by atoms with E-state index in [1.807, 2.05) is 24.6 Å². The first kappa shape index (κ1) is 17.9. The topological polar surface area (TPSA) is 73.7 Å². The van der Waals surface area contributed by atoms with E-state index in [4.69, 9.17) is 4.74 Å². The second kappa shape index (κ2) is 7.92. The number of carbonyl (C=O) groups excluding carboxylic acids is 2. The summed E-state index contributed by atoms with van der Waals surface area (Å²) in [6.45, 7) is 3.01. The fourth-order valence-electron chi connectivity index (χ4n) is 2.48. The van der Waals surface area contributed by atoms with Crippen LogP contribution in [0.3, 0.4) is 0 Å². The first-order valence-electron chi connectivity index (χ1n) is 7.76. The Hall–Kier alpha value is -2.41. The van der Waals surface area contributed by atoms with Crippen LogP contribution in [-0.2, 0) is 21.3 Å². The van der Waals surface area contributed by atoms with Crippen molar-refractivity contribution in [2.75, 3.05) is 33.9 Å². The van der Waals surface area contributed by atoms with Gasteiger partial charge in [0, 0.05) is 32.8 Å². The number of rotatable bonds is 7. The molecule has 0 aliphatic carbocycles. The Labute approximate surface area is 141 Å². The van der Waals surface area contributed by atoms with Crippen molar-refractivity contribution in [3.63, 3.8) is 0 Å². The van der Waals surface area contributed by atoms with Crippen LogP contribution in [0.4, 0.5) is 0 Å². The van der Waals surface area contributed by atoms with Crippen molar-refractivity contribution in [1.82, 2.24) is 14.5 Å². The molecule has 0 spiro atoms. The molecule has 24 heavy (non-hydrogen) atoms. The number of amides is 1. The SMILES string of the molecule is COCCN(CCC(=O)OC)C(=O)c1ccc2c(c1)nc(C)n2C. The minimum absolute atomic E-state index is 0.150. The lowest BCUT2D eigenvalue weighted by molar-refractivity contribution is -0.140. The van der Waals surface area contributed by atoms with Gasteiger partial charge >= 0.3 is 5.97 Å². The summed E-state index contributed by atoms with van der Waals surface area (Å²) in [6.07, 6.45) is 0.150. The molecule has 2 aromatic rings. The standard InChI is InChI=1S/C17H23N3O4/c1-12-18-14-11-13(5-6-15(14)19(12)2)17(22)20(9-10-23-3)8-7-16(21)24-4/h5-6,11H,7-10H2,1-4H3. The smallest absolute Gasteiger partial charge is 0.307 e. The van der Waals surface area contributed by atoms with Crippen LogP contribution in [0.25, 0.3) is 11.0 Å². The summed E-state index contributed by atoms with van der Waals surface area (Å²) in [7, 11) is 4.85. The van der Waals surface area contributed by atoms with Crippen LogP contribution in [-0.4, -0.2) is 60.2 Å². The molecule has 7 nitrogen and oxygen atoms in total. The number of imidazole rings is 1. The summed E-state index contributed by atoms with van der Waals surface area (Å²) in [5.41, 5.74) is 2.30. The van der Waals surface area contributed by atoms with Crippen LogP contribution in [0.2, 0.25) is 0 Å². The molecular formula is C17H23N3O4. The van der Waals surface area contributed by atoms with Crippen molar-refractivity contribution in [2.24, 2.45) is 7.05 Å². The van der Waals surface area contributed by atoms with Gasteiger partial charge in [-0.15, -0.1) is 0 Å². The Bertz CT molecular complexity index is 739. The number of esters is 1. The Morgan fingerprint density at radius 2 is 2.00 bits per heavy atom. The van der Waals surface area contributed by atoms with E-state index < -0.39 is 0 Å². The molecule has 7 heteroatoms. The third kappa shape index (κ3) is 3.91. The molecule has 1 heterocycles.